The third-order valence-electron chi connectivity index (χ3n) is 14.1. The predicted octanol–water partition coefficient (Wildman–Crippen LogP) is 11.4. The van der Waals surface area contributed by atoms with Crippen molar-refractivity contribution >= 4 is 58.0 Å². The molecular weight excluding hydrogens is 905 g/mol. The first kappa shape index (κ1) is 36.6. The van der Waals surface area contributed by atoms with Crippen LogP contribution >= 0.6 is 0 Å². The molecule has 2 aliphatic heterocycles. The van der Waals surface area contributed by atoms with Gasteiger partial charge in [0.15, 0.2) is 0 Å². The molecule has 0 bridgehead atoms. The molecule has 0 saturated heterocycles. The fraction of sp³-hybridized carbons (Fsp3) is 0.143. The molecule has 0 amide bonds. The van der Waals surface area contributed by atoms with Gasteiger partial charge >= 0.3 is 368 Å². The van der Waals surface area contributed by atoms with Crippen LogP contribution in [-0.4, -0.2) is 32.6 Å². The molecule has 1 nitrogen and oxygen atoms in total. The van der Waals surface area contributed by atoms with Gasteiger partial charge in [0.1, 0.15) is 0 Å². The Balaban J connectivity index is 1.29. The van der Waals surface area contributed by atoms with Crippen molar-refractivity contribution in [2.45, 2.75) is 50.9 Å². The number of nitrogens with zero attached hydrogens (tertiary/aromatic N) is 1. The van der Waals surface area contributed by atoms with E-state index in [1.807, 2.05) is 0 Å². The summed E-state index contributed by atoms with van der Waals surface area (Å²) < 4.78 is 1.42. The van der Waals surface area contributed by atoms with E-state index in [1.54, 1.807) is 0 Å². The molecule has 59 heavy (non-hydrogen) atoms. The van der Waals surface area contributed by atoms with Gasteiger partial charge in [0.2, 0.25) is 0 Å². The summed E-state index contributed by atoms with van der Waals surface area (Å²) in [5, 5.41) is 0. The Morgan fingerprint density at radius 3 is 1.51 bits per heavy atom. The molecule has 0 aromatic heterocycles. The summed E-state index contributed by atoms with van der Waals surface area (Å²) in [6.45, 7) is 12.2. The minimum atomic E-state index is -0.313. The van der Waals surface area contributed by atoms with Crippen LogP contribution in [0.3, 0.4) is 0 Å². The van der Waals surface area contributed by atoms with Crippen molar-refractivity contribution in [1.82, 2.24) is 0 Å². The summed E-state index contributed by atoms with van der Waals surface area (Å²) in [6.07, 6.45) is 0. The fourth-order valence-electron chi connectivity index (χ4n) is 11.2. The van der Waals surface area contributed by atoms with Gasteiger partial charge < -0.3 is 0 Å². The topological polar surface area (TPSA) is 3.24 Å². The molecular formula is C56H45BNPb. The van der Waals surface area contributed by atoms with E-state index in [1.165, 1.54) is 97.7 Å². The van der Waals surface area contributed by atoms with Crippen LogP contribution in [0.5, 0.6) is 0 Å². The van der Waals surface area contributed by atoms with E-state index >= 15 is 0 Å². The first-order valence-electron chi connectivity index (χ1n) is 21.0. The third kappa shape index (κ3) is 5.21. The normalized spacial score (nSPS) is 17.6. The van der Waals surface area contributed by atoms with Gasteiger partial charge in [-0.3, -0.25) is 0 Å². The summed E-state index contributed by atoms with van der Waals surface area (Å²) in [4.78, 5) is 2.83. The van der Waals surface area contributed by atoms with E-state index in [-0.39, 0.29) is 23.1 Å². The van der Waals surface area contributed by atoms with Crippen LogP contribution in [0.15, 0.2) is 182 Å². The van der Waals surface area contributed by atoms with Crippen LogP contribution in [0.25, 0.3) is 33.4 Å². The number of benzene rings is 8. The molecule has 3 heteroatoms. The van der Waals surface area contributed by atoms with E-state index in [0.29, 0.717) is 0 Å². The van der Waals surface area contributed by atoms with Crippen molar-refractivity contribution in [2.24, 2.45) is 0 Å². The molecule has 3 aliphatic rings. The second-order valence-corrected chi connectivity index (χ2v) is 20.1. The SMILES string of the molecule is CC1(C)c2cc(-c3ccccc3)c[c]([Pb])c2N(B2c3ccccc3C3(C)c4ccccc4C(C)(C)c4cccc2c43)c2c(-c3ccccc3)cc(-c3ccccc3)cc21. The average molecular weight is 950 g/mol. The van der Waals surface area contributed by atoms with Crippen molar-refractivity contribution in [2.75, 3.05) is 4.81 Å². The Kier molecular flexibility index (Phi) is 8.24. The van der Waals surface area contributed by atoms with Crippen LogP contribution < -0.4 is 18.9 Å². The third-order valence-corrected chi connectivity index (χ3v) is 15.6. The van der Waals surface area contributed by atoms with Gasteiger partial charge in [-0.05, 0) is 0 Å². The fourth-order valence-corrected chi connectivity index (χ4v) is 12.8. The molecule has 0 fully saturated rings. The molecule has 0 spiro atoms. The van der Waals surface area contributed by atoms with Gasteiger partial charge in [-0.1, -0.05) is 0 Å². The first-order chi connectivity index (χ1) is 28.6. The van der Waals surface area contributed by atoms with E-state index in [4.69, 9.17) is 0 Å². The molecule has 1 unspecified atom stereocenters. The quantitative estimate of drug-likeness (QED) is 0.159. The number of fused-ring (bicyclic) bond motifs is 6. The Bertz CT molecular complexity index is 2970. The number of rotatable bonds is 4. The van der Waals surface area contributed by atoms with Crippen molar-refractivity contribution in [3.05, 3.63) is 221 Å². The molecule has 11 rings (SSSR count). The maximum atomic E-state index is 2.83. The van der Waals surface area contributed by atoms with Crippen molar-refractivity contribution in [1.29, 1.82) is 0 Å². The van der Waals surface area contributed by atoms with Gasteiger partial charge in [-0.2, -0.15) is 0 Å². The zero-order chi connectivity index (χ0) is 40.3. The van der Waals surface area contributed by atoms with Crippen LogP contribution in [0, 0.1) is 0 Å². The minimum absolute atomic E-state index is 0.0656. The first-order valence-corrected chi connectivity index (χ1v) is 22.9. The Labute approximate surface area is 365 Å². The number of hydrogen-bond acceptors (Lipinski definition) is 1. The maximum absolute atomic E-state index is 2.83. The molecule has 0 N–H and O–H groups in total. The monoisotopic (exact) mass is 950 g/mol. The van der Waals surface area contributed by atoms with Crippen molar-refractivity contribution in [3.63, 3.8) is 0 Å². The Morgan fingerprint density at radius 1 is 0.390 bits per heavy atom. The van der Waals surface area contributed by atoms with E-state index in [2.05, 4.69) is 221 Å². The molecule has 281 valence electrons. The standard InChI is InChI=1S/C56H45BN.Pb/c1-54(2)43-26-15-16-27-44(43)56(5)45-28-17-18-30-49(45)57(50-31-19-29-46(54)52(50)56)58-51-33-32-40(37-20-9-6-10-21-37)35-47(51)55(3,4)48-36-41(38-22-11-7-12-23-38)34-42(53(48)58)39-24-13-8-14-25-39;/h6-32,34-36H,1-5H3;. The average Bonchev–Trinajstić information content (AvgIpc) is 3.27. The molecule has 0 saturated carbocycles. The molecule has 2 heterocycles. The van der Waals surface area contributed by atoms with E-state index in [0.717, 1.165) is 25.8 Å². The summed E-state index contributed by atoms with van der Waals surface area (Å²) in [5.74, 6) is 0. The number of hydrogen-bond donors (Lipinski definition) is 0. The predicted molar refractivity (Wildman–Crippen MR) is 251 cm³/mol. The van der Waals surface area contributed by atoms with Gasteiger partial charge in [-0.15, -0.1) is 0 Å². The molecule has 1 atom stereocenters. The van der Waals surface area contributed by atoms with Gasteiger partial charge in [0.05, 0.1) is 0 Å². The molecule has 8 aromatic rings. The second-order valence-electron chi connectivity index (χ2n) is 18.0. The summed E-state index contributed by atoms with van der Waals surface area (Å²) in [5.41, 5.74) is 22.1. The summed E-state index contributed by atoms with van der Waals surface area (Å²) in [6, 6.07) is 69.0. The summed E-state index contributed by atoms with van der Waals surface area (Å²) >= 11 is 0.889. The van der Waals surface area contributed by atoms with Crippen LogP contribution in [0.4, 0.5) is 11.4 Å². The number of anilines is 2. The molecule has 8 aromatic carbocycles. The van der Waals surface area contributed by atoms with Crippen molar-refractivity contribution in [3.8, 4) is 33.4 Å². The van der Waals surface area contributed by atoms with E-state index in [9.17, 15) is 0 Å². The van der Waals surface area contributed by atoms with Gasteiger partial charge in [-0.25, -0.2) is 0 Å². The molecule has 1 aliphatic carbocycles. The van der Waals surface area contributed by atoms with Gasteiger partial charge in [0.25, 0.3) is 0 Å². The van der Waals surface area contributed by atoms with Gasteiger partial charge in [0, 0.05) is 0 Å². The Morgan fingerprint density at radius 2 is 0.864 bits per heavy atom. The Hall–Kier alpha value is -5.45. The van der Waals surface area contributed by atoms with E-state index < -0.39 is 0 Å². The zero-order valence-electron chi connectivity index (χ0n) is 34.3. The molecule has 3 radical (unpaired) electrons. The van der Waals surface area contributed by atoms with Crippen LogP contribution in [-0.2, 0) is 16.2 Å². The van der Waals surface area contributed by atoms with Crippen molar-refractivity contribution < 1.29 is 0 Å². The van der Waals surface area contributed by atoms with Crippen LogP contribution in [0.1, 0.15) is 73.6 Å². The summed E-state index contributed by atoms with van der Waals surface area (Å²) in [7, 11) is 0. The second kappa shape index (κ2) is 13.3. The van der Waals surface area contributed by atoms with Crippen LogP contribution in [0.2, 0.25) is 0 Å². The zero-order valence-corrected chi connectivity index (χ0v) is 38.2.